The number of rotatable bonds is 3. The van der Waals surface area contributed by atoms with E-state index in [-0.39, 0.29) is 6.54 Å². The van der Waals surface area contributed by atoms with E-state index in [4.69, 9.17) is 23.2 Å². The van der Waals surface area contributed by atoms with Gasteiger partial charge in [-0.05, 0) is 42.3 Å². The number of hydrogen-bond acceptors (Lipinski definition) is 2. The van der Waals surface area contributed by atoms with Crippen LogP contribution in [0.5, 0.6) is 0 Å². The number of benzene rings is 2. The first-order chi connectivity index (χ1) is 10.5. The van der Waals surface area contributed by atoms with Gasteiger partial charge in [0.2, 0.25) is 0 Å². The summed E-state index contributed by atoms with van der Waals surface area (Å²) in [6.45, 7) is 2.02. The Kier molecular flexibility index (Phi) is 5.41. The molecule has 2 amide bonds. The summed E-state index contributed by atoms with van der Waals surface area (Å²) in [4.78, 5) is 23.7. The van der Waals surface area contributed by atoms with E-state index in [1.165, 1.54) is 0 Å². The topological polar surface area (TPSA) is 58.2 Å². The summed E-state index contributed by atoms with van der Waals surface area (Å²) in [6, 6.07) is 12.1. The molecule has 0 fully saturated rings. The highest BCUT2D eigenvalue weighted by molar-refractivity contribution is 6.40. The molecule has 0 spiro atoms. The second-order valence-corrected chi connectivity index (χ2v) is 5.52. The van der Waals surface area contributed by atoms with Gasteiger partial charge >= 0.3 is 11.8 Å². The van der Waals surface area contributed by atoms with E-state index in [9.17, 15) is 9.59 Å². The number of carbonyl (C=O) groups excluding carboxylic acids is 2. The Hall–Kier alpha value is -2.04. The lowest BCUT2D eigenvalue weighted by atomic mass is 10.2. The molecule has 2 N–H and O–H groups in total. The third kappa shape index (κ3) is 4.23. The van der Waals surface area contributed by atoms with Crippen LogP contribution in [0, 0.1) is 6.92 Å². The van der Waals surface area contributed by atoms with E-state index in [1.54, 1.807) is 49.4 Å². The molecule has 0 unspecified atom stereocenters. The van der Waals surface area contributed by atoms with Gasteiger partial charge in [0.05, 0.1) is 0 Å². The number of amides is 2. The molecule has 4 nitrogen and oxygen atoms in total. The highest BCUT2D eigenvalue weighted by Crippen LogP contribution is 2.22. The number of hydrogen-bond donors (Lipinski definition) is 2. The first-order valence-corrected chi connectivity index (χ1v) is 7.31. The maximum absolute atomic E-state index is 11.9. The molecule has 2 rings (SSSR count). The zero-order chi connectivity index (χ0) is 16.1. The second-order valence-electron chi connectivity index (χ2n) is 4.68. The van der Waals surface area contributed by atoms with Crippen LogP contribution in [-0.2, 0) is 16.1 Å². The fraction of sp³-hybridized carbons (Fsp3) is 0.125. The quantitative estimate of drug-likeness (QED) is 0.842. The minimum atomic E-state index is -0.737. The van der Waals surface area contributed by atoms with Crippen LogP contribution in [0.3, 0.4) is 0 Å². The molecule has 0 heterocycles. The summed E-state index contributed by atoms with van der Waals surface area (Å²) >= 11 is 11.7. The molecule has 0 aliphatic rings. The van der Waals surface area contributed by atoms with Crippen molar-refractivity contribution in [3.63, 3.8) is 0 Å². The fourth-order valence-electron chi connectivity index (χ4n) is 1.79. The molecule has 2 aromatic rings. The Morgan fingerprint density at radius 2 is 1.68 bits per heavy atom. The lowest BCUT2D eigenvalue weighted by Gasteiger charge is -2.09. The van der Waals surface area contributed by atoms with Gasteiger partial charge in [0, 0.05) is 22.3 Å². The standard InChI is InChI=1S/C16H14Cl2N2O2/c1-10-13(18)3-2-4-14(10)20-16(22)15(21)19-9-11-5-7-12(17)8-6-11/h2-8H,9H2,1H3,(H,19,21)(H,20,22). The van der Waals surface area contributed by atoms with Crippen molar-refractivity contribution in [3.05, 3.63) is 63.6 Å². The third-order valence-electron chi connectivity index (χ3n) is 3.09. The Balaban J connectivity index is 1.93. The Morgan fingerprint density at radius 3 is 2.36 bits per heavy atom. The Bertz CT molecular complexity index is 700. The largest absolute Gasteiger partial charge is 0.344 e. The number of anilines is 1. The maximum Gasteiger partial charge on any atom is 0.313 e. The van der Waals surface area contributed by atoms with Crippen LogP contribution in [0.4, 0.5) is 5.69 Å². The van der Waals surface area contributed by atoms with Crippen molar-refractivity contribution >= 4 is 40.7 Å². The van der Waals surface area contributed by atoms with Crippen LogP contribution in [0.1, 0.15) is 11.1 Å². The summed E-state index contributed by atoms with van der Waals surface area (Å²) in [5.74, 6) is -1.45. The summed E-state index contributed by atoms with van der Waals surface area (Å²) in [6.07, 6.45) is 0. The zero-order valence-electron chi connectivity index (χ0n) is 11.8. The summed E-state index contributed by atoms with van der Waals surface area (Å²) in [5, 5.41) is 6.23. The van der Waals surface area contributed by atoms with E-state index >= 15 is 0 Å². The molecule has 0 bridgehead atoms. The highest BCUT2D eigenvalue weighted by atomic mass is 35.5. The molecular weight excluding hydrogens is 323 g/mol. The molecular formula is C16H14Cl2N2O2. The van der Waals surface area contributed by atoms with Gasteiger partial charge in [-0.2, -0.15) is 0 Å². The van der Waals surface area contributed by atoms with Crippen molar-refractivity contribution in [2.75, 3.05) is 5.32 Å². The molecule has 2 aromatic carbocycles. The van der Waals surface area contributed by atoms with Gasteiger partial charge in [-0.3, -0.25) is 9.59 Å². The lowest BCUT2D eigenvalue weighted by Crippen LogP contribution is -2.35. The van der Waals surface area contributed by atoms with Crippen LogP contribution in [0.15, 0.2) is 42.5 Å². The molecule has 0 saturated carbocycles. The van der Waals surface area contributed by atoms with Crippen LogP contribution >= 0.6 is 23.2 Å². The highest BCUT2D eigenvalue weighted by Gasteiger charge is 2.14. The van der Waals surface area contributed by atoms with Crippen molar-refractivity contribution in [3.8, 4) is 0 Å². The van der Waals surface area contributed by atoms with Crippen LogP contribution in [0.25, 0.3) is 0 Å². The number of nitrogens with one attached hydrogen (secondary N) is 2. The summed E-state index contributed by atoms with van der Waals surface area (Å²) in [5.41, 5.74) is 2.08. The predicted molar refractivity (Wildman–Crippen MR) is 88.1 cm³/mol. The van der Waals surface area contributed by atoms with E-state index < -0.39 is 11.8 Å². The van der Waals surface area contributed by atoms with Crippen molar-refractivity contribution in [1.82, 2.24) is 5.32 Å². The number of carbonyl (C=O) groups is 2. The van der Waals surface area contributed by atoms with Crippen LogP contribution in [0.2, 0.25) is 10.0 Å². The average molecular weight is 337 g/mol. The summed E-state index contributed by atoms with van der Waals surface area (Å²) < 4.78 is 0. The van der Waals surface area contributed by atoms with E-state index in [1.807, 2.05) is 0 Å². The number of halogens is 2. The van der Waals surface area contributed by atoms with Gasteiger partial charge in [-0.15, -0.1) is 0 Å². The minimum Gasteiger partial charge on any atom is -0.344 e. The fourth-order valence-corrected chi connectivity index (χ4v) is 2.09. The van der Waals surface area contributed by atoms with E-state index in [2.05, 4.69) is 10.6 Å². The van der Waals surface area contributed by atoms with Crippen molar-refractivity contribution in [1.29, 1.82) is 0 Å². The molecule has 0 aromatic heterocycles. The molecule has 114 valence electrons. The van der Waals surface area contributed by atoms with Gasteiger partial charge in [-0.1, -0.05) is 41.4 Å². The predicted octanol–water partition coefficient (Wildman–Crippen LogP) is 3.56. The lowest BCUT2D eigenvalue weighted by molar-refractivity contribution is -0.136. The summed E-state index contributed by atoms with van der Waals surface area (Å²) in [7, 11) is 0. The van der Waals surface area contributed by atoms with Crippen molar-refractivity contribution in [2.24, 2.45) is 0 Å². The Morgan fingerprint density at radius 1 is 1.00 bits per heavy atom. The van der Waals surface area contributed by atoms with Gasteiger partial charge in [0.1, 0.15) is 0 Å². The van der Waals surface area contributed by atoms with Gasteiger partial charge in [0.25, 0.3) is 0 Å². The average Bonchev–Trinajstić information content (AvgIpc) is 2.51. The molecule has 0 aliphatic carbocycles. The van der Waals surface area contributed by atoms with E-state index in [0.717, 1.165) is 5.56 Å². The first-order valence-electron chi connectivity index (χ1n) is 6.56. The van der Waals surface area contributed by atoms with Gasteiger partial charge in [-0.25, -0.2) is 0 Å². The molecule has 0 aliphatic heterocycles. The van der Waals surface area contributed by atoms with Gasteiger partial charge < -0.3 is 10.6 Å². The zero-order valence-corrected chi connectivity index (χ0v) is 13.3. The maximum atomic E-state index is 11.9. The second kappa shape index (κ2) is 7.29. The SMILES string of the molecule is Cc1c(Cl)cccc1NC(=O)C(=O)NCc1ccc(Cl)cc1. The normalized spacial score (nSPS) is 10.1. The molecule has 6 heteroatoms. The molecule has 0 radical (unpaired) electrons. The van der Waals surface area contributed by atoms with Crippen LogP contribution < -0.4 is 10.6 Å². The molecule has 22 heavy (non-hydrogen) atoms. The van der Waals surface area contributed by atoms with Crippen molar-refractivity contribution in [2.45, 2.75) is 13.5 Å². The third-order valence-corrected chi connectivity index (χ3v) is 3.75. The van der Waals surface area contributed by atoms with Crippen molar-refractivity contribution < 1.29 is 9.59 Å². The van der Waals surface area contributed by atoms with E-state index in [0.29, 0.717) is 21.3 Å². The minimum absolute atomic E-state index is 0.248. The van der Waals surface area contributed by atoms with Gasteiger partial charge in [0.15, 0.2) is 0 Å². The molecule has 0 atom stereocenters. The monoisotopic (exact) mass is 336 g/mol. The van der Waals surface area contributed by atoms with Crippen LogP contribution in [-0.4, -0.2) is 11.8 Å². The first kappa shape index (κ1) is 16.3. The Labute approximate surface area is 138 Å². The molecule has 0 saturated heterocycles. The smallest absolute Gasteiger partial charge is 0.313 e.